The number of nitrogens with one attached hydrogen (secondary N) is 2. The van der Waals surface area contributed by atoms with Gasteiger partial charge in [0, 0.05) is 6.20 Å². The molecule has 1 aromatic heterocycles. The molecule has 0 aliphatic rings. The lowest BCUT2D eigenvalue weighted by Crippen LogP contribution is -2.12. The van der Waals surface area contributed by atoms with Crippen molar-refractivity contribution in [3.63, 3.8) is 0 Å². The maximum absolute atomic E-state index is 13.2. The van der Waals surface area contributed by atoms with Crippen molar-refractivity contribution in [2.75, 3.05) is 4.72 Å². The van der Waals surface area contributed by atoms with E-state index in [1.165, 1.54) is 0 Å². The van der Waals surface area contributed by atoms with E-state index < -0.39 is 21.8 Å². The summed E-state index contributed by atoms with van der Waals surface area (Å²) in [5.41, 5.74) is -0.338. The second kappa shape index (κ2) is 5.55. The first-order valence-electron chi connectivity index (χ1n) is 5.30. The van der Waals surface area contributed by atoms with E-state index in [4.69, 9.17) is 28.3 Å². The fraction of sp³-hybridized carbons (Fsp3) is 0. The van der Waals surface area contributed by atoms with Gasteiger partial charge in [0.15, 0.2) is 5.82 Å². The van der Waals surface area contributed by atoms with Gasteiger partial charge in [0.1, 0.15) is 10.6 Å². The van der Waals surface area contributed by atoms with Gasteiger partial charge in [0.2, 0.25) is 0 Å². The molecule has 2 aromatic rings. The molecule has 112 valence electrons. The molecule has 6 nitrogen and oxygen atoms in total. The second-order valence-corrected chi connectivity index (χ2v) is 6.41. The van der Waals surface area contributed by atoms with E-state index in [-0.39, 0.29) is 26.3 Å². The van der Waals surface area contributed by atoms with Gasteiger partial charge in [0.05, 0.1) is 15.7 Å². The molecule has 0 atom stereocenters. The summed E-state index contributed by atoms with van der Waals surface area (Å²) in [6.45, 7) is 0. The van der Waals surface area contributed by atoms with Gasteiger partial charge in [0.25, 0.3) is 10.0 Å². The summed E-state index contributed by atoms with van der Waals surface area (Å²) in [5.74, 6) is -2.17. The number of H-pyrrole nitrogens is 1. The molecule has 3 N–H and O–H groups in total. The lowest BCUT2D eigenvalue weighted by atomic mass is 10.3. The highest BCUT2D eigenvalue weighted by Gasteiger charge is 2.19. The zero-order chi connectivity index (χ0) is 15.8. The van der Waals surface area contributed by atoms with Crippen molar-refractivity contribution in [1.82, 2.24) is 4.98 Å². The van der Waals surface area contributed by atoms with Crippen molar-refractivity contribution >= 4 is 44.9 Å². The third-order valence-electron chi connectivity index (χ3n) is 2.43. The van der Waals surface area contributed by atoms with Gasteiger partial charge < -0.3 is 10.1 Å². The largest absolute Gasteiger partial charge is 0.477 e. The number of carbonyl (C=O) groups is 1. The van der Waals surface area contributed by atoms with Gasteiger partial charge in [-0.2, -0.15) is 0 Å². The molecule has 0 unspecified atom stereocenters. The number of rotatable bonds is 4. The minimum atomic E-state index is -4.06. The van der Waals surface area contributed by atoms with Crippen LogP contribution in [0.25, 0.3) is 0 Å². The van der Waals surface area contributed by atoms with Crippen LogP contribution in [0.1, 0.15) is 10.5 Å². The average Bonchev–Trinajstić information content (AvgIpc) is 2.85. The molecular weight excluding hydrogens is 346 g/mol. The molecule has 0 fully saturated rings. The van der Waals surface area contributed by atoms with Crippen LogP contribution in [0, 0.1) is 5.82 Å². The van der Waals surface area contributed by atoms with Gasteiger partial charge in [-0.1, -0.05) is 23.2 Å². The Kier molecular flexibility index (Phi) is 4.13. The Morgan fingerprint density at radius 1 is 1.24 bits per heavy atom. The summed E-state index contributed by atoms with van der Waals surface area (Å²) in [5, 5.41) is 8.04. The Balaban J connectivity index is 2.35. The lowest BCUT2D eigenvalue weighted by Gasteiger charge is -2.08. The highest BCUT2D eigenvalue weighted by molar-refractivity contribution is 7.92. The normalized spacial score (nSPS) is 11.4. The van der Waals surface area contributed by atoms with Crippen LogP contribution in [0.3, 0.4) is 0 Å². The average molecular weight is 353 g/mol. The molecule has 0 saturated heterocycles. The molecule has 0 spiro atoms. The summed E-state index contributed by atoms with van der Waals surface area (Å²) in [6.07, 6.45) is 1.01. The SMILES string of the molecule is O=C(O)c1cc(S(=O)(=O)Nc2cc(Cl)c(F)c(Cl)c2)c[nH]1. The number of benzene rings is 1. The van der Waals surface area contributed by atoms with Crippen molar-refractivity contribution in [3.8, 4) is 0 Å². The van der Waals surface area contributed by atoms with Crippen LogP contribution >= 0.6 is 23.2 Å². The summed E-state index contributed by atoms with van der Waals surface area (Å²) < 4.78 is 39.4. The quantitative estimate of drug-likeness (QED) is 0.736. The molecule has 0 radical (unpaired) electrons. The van der Waals surface area contributed by atoms with Gasteiger partial charge in [-0.05, 0) is 18.2 Å². The number of sulfonamides is 1. The molecule has 0 saturated carbocycles. The maximum atomic E-state index is 13.2. The molecule has 1 aromatic carbocycles. The molecular formula is C11H7Cl2FN2O4S. The van der Waals surface area contributed by atoms with E-state index >= 15 is 0 Å². The van der Waals surface area contributed by atoms with Crippen LogP contribution in [0.2, 0.25) is 10.0 Å². The summed E-state index contributed by atoms with van der Waals surface area (Å²) in [7, 11) is -4.06. The predicted molar refractivity (Wildman–Crippen MR) is 75.0 cm³/mol. The number of carboxylic acids is 1. The second-order valence-electron chi connectivity index (χ2n) is 3.91. The van der Waals surface area contributed by atoms with E-state index in [9.17, 15) is 17.6 Å². The number of aromatic nitrogens is 1. The van der Waals surface area contributed by atoms with Crippen molar-refractivity contribution in [3.05, 3.63) is 46.0 Å². The third kappa shape index (κ3) is 3.29. The van der Waals surface area contributed by atoms with Crippen LogP contribution in [0.5, 0.6) is 0 Å². The molecule has 2 rings (SSSR count). The predicted octanol–water partition coefficient (Wildman–Crippen LogP) is 2.96. The first-order chi connectivity index (χ1) is 9.70. The van der Waals surface area contributed by atoms with Gasteiger partial charge >= 0.3 is 5.97 Å². The summed E-state index contributed by atoms with van der Waals surface area (Å²) in [6, 6.07) is 3.04. The van der Waals surface area contributed by atoms with Crippen molar-refractivity contribution in [2.45, 2.75) is 4.90 Å². The summed E-state index contributed by atoms with van der Waals surface area (Å²) >= 11 is 11.1. The topological polar surface area (TPSA) is 99.3 Å². The zero-order valence-electron chi connectivity index (χ0n) is 10.0. The van der Waals surface area contributed by atoms with E-state index in [1.54, 1.807) is 0 Å². The van der Waals surface area contributed by atoms with E-state index in [0.29, 0.717) is 0 Å². The molecule has 0 aliphatic carbocycles. The molecule has 21 heavy (non-hydrogen) atoms. The van der Waals surface area contributed by atoms with E-state index in [1.807, 2.05) is 0 Å². The van der Waals surface area contributed by atoms with Gasteiger partial charge in [-0.3, -0.25) is 4.72 Å². The van der Waals surface area contributed by atoms with Gasteiger partial charge in [-0.15, -0.1) is 0 Å². The molecule has 1 heterocycles. The number of anilines is 1. The lowest BCUT2D eigenvalue weighted by molar-refractivity contribution is 0.0691. The van der Waals surface area contributed by atoms with Gasteiger partial charge in [-0.25, -0.2) is 17.6 Å². The van der Waals surface area contributed by atoms with Crippen LogP contribution in [-0.4, -0.2) is 24.5 Å². The first kappa shape index (κ1) is 15.6. The van der Waals surface area contributed by atoms with Crippen molar-refractivity contribution in [1.29, 1.82) is 0 Å². The minimum Gasteiger partial charge on any atom is -0.477 e. The standard InChI is InChI=1S/C11H7Cl2FN2O4S/c12-7-1-5(2-8(13)10(7)14)16-21(19,20)6-3-9(11(17)18)15-4-6/h1-4,15-16H,(H,17,18). The number of aromatic amines is 1. The smallest absolute Gasteiger partial charge is 0.352 e. The highest BCUT2D eigenvalue weighted by Crippen LogP contribution is 2.28. The van der Waals surface area contributed by atoms with Crippen LogP contribution < -0.4 is 4.72 Å². The number of carboxylic acid groups (broad SMARTS) is 1. The molecule has 0 amide bonds. The Labute approximate surface area is 128 Å². The Hall–Kier alpha value is -1.77. The molecule has 0 aliphatic heterocycles. The molecule has 10 heteroatoms. The number of aromatic carboxylic acids is 1. The van der Waals surface area contributed by atoms with Crippen molar-refractivity contribution < 1.29 is 22.7 Å². The Morgan fingerprint density at radius 3 is 2.29 bits per heavy atom. The number of hydrogen-bond acceptors (Lipinski definition) is 3. The zero-order valence-corrected chi connectivity index (χ0v) is 12.4. The fourth-order valence-corrected chi connectivity index (χ4v) is 3.00. The van der Waals surface area contributed by atoms with Crippen LogP contribution in [0.4, 0.5) is 10.1 Å². The van der Waals surface area contributed by atoms with Crippen LogP contribution in [0.15, 0.2) is 29.3 Å². The molecule has 0 bridgehead atoms. The van der Waals surface area contributed by atoms with Crippen molar-refractivity contribution in [2.24, 2.45) is 0 Å². The number of halogens is 3. The monoisotopic (exact) mass is 352 g/mol. The third-order valence-corrected chi connectivity index (χ3v) is 4.34. The summed E-state index contributed by atoms with van der Waals surface area (Å²) in [4.78, 5) is 12.7. The fourth-order valence-electron chi connectivity index (χ4n) is 1.48. The highest BCUT2D eigenvalue weighted by atomic mass is 35.5. The van der Waals surface area contributed by atoms with Crippen LogP contribution in [-0.2, 0) is 10.0 Å². The Bertz CT molecular complexity index is 796. The minimum absolute atomic E-state index is 0.0514. The first-order valence-corrected chi connectivity index (χ1v) is 7.53. The van der Waals surface area contributed by atoms with E-state index in [0.717, 1.165) is 24.4 Å². The van der Waals surface area contributed by atoms with E-state index in [2.05, 4.69) is 9.71 Å². The maximum Gasteiger partial charge on any atom is 0.352 e. The number of hydrogen-bond donors (Lipinski definition) is 3. The Morgan fingerprint density at radius 2 is 1.81 bits per heavy atom.